The lowest BCUT2D eigenvalue weighted by atomic mass is 9.96. The van der Waals surface area contributed by atoms with Crippen molar-refractivity contribution in [1.29, 1.82) is 10.8 Å². The van der Waals surface area contributed by atoms with Gasteiger partial charge in [0.05, 0.1) is 11.9 Å². The van der Waals surface area contributed by atoms with E-state index >= 15 is 4.39 Å². The van der Waals surface area contributed by atoms with Crippen molar-refractivity contribution in [2.75, 3.05) is 6.54 Å². The Balaban J connectivity index is 2.21. The monoisotopic (exact) mass is 546 g/mol. The van der Waals surface area contributed by atoms with Crippen molar-refractivity contribution in [3.05, 3.63) is 93.6 Å². The van der Waals surface area contributed by atoms with Crippen LogP contribution in [0.3, 0.4) is 0 Å². The zero-order chi connectivity index (χ0) is 30.0. The highest BCUT2D eigenvalue weighted by Crippen LogP contribution is 2.24. The van der Waals surface area contributed by atoms with Crippen molar-refractivity contribution >= 4 is 23.9 Å². The smallest absolute Gasteiger partial charge is 0.258 e. The molecule has 0 saturated carbocycles. The number of carbonyl (C=O) groups excluding carboxylic acids is 1. The Kier molecular flexibility index (Phi) is 12.0. The van der Waals surface area contributed by atoms with Crippen LogP contribution in [0.2, 0.25) is 0 Å². The number of rotatable bonds is 9. The van der Waals surface area contributed by atoms with Gasteiger partial charge in [-0.2, -0.15) is 0 Å². The lowest BCUT2D eigenvalue weighted by Crippen LogP contribution is -2.35. The molecule has 0 saturated heterocycles. The Labute approximate surface area is 238 Å². The van der Waals surface area contributed by atoms with Gasteiger partial charge in [0.15, 0.2) is 0 Å². The molecule has 0 radical (unpaired) electrons. The minimum absolute atomic E-state index is 0.00199. The van der Waals surface area contributed by atoms with Crippen molar-refractivity contribution in [1.82, 2.24) is 15.1 Å². The molecule has 40 heavy (non-hydrogen) atoms. The molecule has 0 fully saturated rings. The number of allylic oxidation sites excluding steroid dienone is 7. The fourth-order valence-corrected chi connectivity index (χ4v) is 4.06. The minimum Gasteiger partial charge on any atom is -0.356 e. The van der Waals surface area contributed by atoms with Gasteiger partial charge in [-0.05, 0) is 103 Å². The van der Waals surface area contributed by atoms with Crippen molar-refractivity contribution in [2.24, 2.45) is 4.99 Å². The lowest BCUT2D eigenvalue weighted by Gasteiger charge is -2.30. The lowest BCUT2D eigenvalue weighted by molar-refractivity contribution is 0.0962. The zero-order valence-electron chi connectivity index (χ0n) is 25.0. The number of fused-ring (bicyclic) bond motifs is 1. The number of halogens is 1. The van der Waals surface area contributed by atoms with Gasteiger partial charge in [-0.15, -0.1) is 0 Å². The highest BCUT2D eigenvalue weighted by molar-refractivity contribution is 6.01. The topological polar surface area (TPSA) is 95.6 Å². The largest absolute Gasteiger partial charge is 0.356 e. The first-order valence-electron chi connectivity index (χ1n) is 13.5. The highest BCUT2D eigenvalue weighted by atomic mass is 19.1. The molecule has 1 amide bonds. The normalized spacial score (nSPS) is 13.9. The fraction of sp³-hybridized carbons (Fsp3) is 0.375. The van der Waals surface area contributed by atoms with Crippen LogP contribution in [0.1, 0.15) is 76.9 Å². The third kappa shape index (κ3) is 9.00. The van der Waals surface area contributed by atoms with Crippen LogP contribution in [0.5, 0.6) is 0 Å². The van der Waals surface area contributed by atoms with Crippen molar-refractivity contribution < 1.29 is 9.18 Å². The number of hydrogen-bond acceptors (Lipinski definition) is 4. The summed E-state index contributed by atoms with van der Waals surface area (Å²) in [6.07, 6.45) is 12.7. The van der Waals surface area contributed by atoms with Crippen LogP contribution < -0.4 is 5.32 Å². The maximum absolute atomic E-state index is 15.0. The molecule has 0 aliphatic carbocycles. The first kappa shape index (κ1) is 32.1. The predicted molar refractivity (Wildman–Crippen MR) is 164 cm³/mol. The van der Waals surface area contributed by atoms with E-state index in [2.05, 4.69) is 15.2 Å². The molecule has 8 heteroatoms. The number of nitrogens with zero attached hydrogens (tertiary/aromatic N) is 3. The molecule has 0 spiro atoms. The van der Waals surface area contributed by atoms with E-state index in [4.69, 9.17) is 10.8 Å². The van der Waals surface area contributed by atoms with Crippen molar-refractivity contribution in [2.45, 2.75) is 74.4 Å². The van der Waals surface area contributed by atoms with E-state index in [1.54, 1.807) is 42.3 Å². The second-order valence-corrected chi connectivity index (χ2v) is 10.6. The molecule has 1 aliphatic rings. The number of benzene rings is 1. The second kappa shape index (κ2) is 14.9. The molecule has 214 valence electrons. The molecule has 0 aromatic heterocycles. The number of aliphatic imine (C=N–C) groups is 1. The van der Waals surface area contributed by atoms with Crippen LogP contribution in [0.15, 0.2) is 76.1 Å². The standard InChI is InChI=1S/C32H43FN6O/c1-21(2)11-10-15-36-25(8)38-16-14-26-18-29(33)28(17-27(26)19-38)32(40)37-30(22(3)4)13-9-12-24(7)31(35)39(20-34)23(5)6/h9-13,15,17-18,20,23,34-35H,14,16,19H2,1-8H3,(H,37,40)/b13-9-,15-10-,24-12+,34-20?,35-31?,36-25?. The molecule has 1 aromatic rings. The van der Waals surface area contributed by atoms with Crippen LogP contribution in [0, 0.1) is 16.6 Å². The Morgan fingerprint density at radius 1 is 1.10 bits per heavy atom. The predicted octanol–water partition coefficient (Wildman–Crippen LogP) is 6.90. The summed E-state index contributed by atoms with van der Waals surface area (Å²) < 4.78 is 15.0. The SMILES string of the molecule is CC(C)=C/C=C\N=C(C)N1CCc2cc(F)c(C(=O)NC(/C=C\C=C(/C)C(=N)N(C=N)C(C)C)=C(C)C)cc2C1. The summed E-state index contributed by atoms with van der Waals surface area (Å²) in [4.78, 5) is 21.4. The maximum atomic E-state index is 15.0. The van der Waals surface area contributed by atoms with Crippen LogP contribution in [0.25, 0.3) is 0 Å². The molecule has 1 aromatic carbocycles. The molecular formula is C32H43FN6O. The highest BCUT2D eigenvalue weighted by Gasteiger charge is 2.22. The van der Waals surface area contributed by atoms with Crippen molar-refractivity contribution in [3.8, 4) is 0 Å². The Hall–Kier alpha value is -4.07. The minimum atomic E-state index is -0.540. The Bertz CT molecular complexity index is 1300. The van der Waals surface area contributed by atoms with Crippen LogP contribution >= 0.6 is 0 Å². The summed E-state index contributed by atoms with van der Waals surface area (Å²) in [5.74, 6) is 0.0368. The summed E-state index contributed by atoms with van der Waals surface area (Å²) >= 11 is 0. The molecular weight excluding hydrogens is 503 g/mol. The first-order valence-corrected chi connectivity index (χ1v) is 13.5. The summed E-state index contributed by atoms with van der Waals surface area (Å²) in [5.41, 5.74) is 5.09. The van der Waals surface area contributed by atoms with Gasteiger partial charge in [-0.1, -0.05) is 29.4 Å². The van der Waals surface area contributed by atoms with Crippen LogP contribution in [-0.2, 0) is 13.0 Å². The fourth-order valence-electron chi connectivity index (χ4n) is 4.06. The molecule has 2 rings (SSSR count). The number of amides is 1. The number of carbonyl (C=O) groups is 1. The molecule has 3 N–H and O–H groups in total. The average Bonchev–Trinajstić information content (AvgIpc) is 2.89. The molecule has 0 bridgehead atoms. The third-order valence-corrected chi connectivity index (χ3v) is 6.50. The van der Waals surface area contributed by atoms with E-state index in [-0.39, 0.29) is 17.4 Å². The van der Waals surface area contributed by atoms with Gasteiger partial charge in [-0.3, -0.25) is 15.6 Å². The van der Waals surface area contributed by atoms with E-state index < -0.39 is 11.7 Å². The van der Waals surface area contributed by atoms with Gasteiger partial charge < -0.3 is 15.1 Å². The Morgan fingerprint density at radius 2 is 1.80 bits per heavy atom. The third-order valence-electron chi connectivity index (χ3n) is 6.50. The van der Waals surface area contributed by atoms with E-state index in [9.17, 15) is 4.79 Å². The van der Waals surface area contributed by atoms with Gasteiger partial charge in [0.1, 0.15) is 17.5 Å². The zero-order valence-corrected chi connectivity index (χ0v) is 25.0. The Morgan fingerprint density at radius 3 is 2.40 bits per heavy atom. The molecule has 1 aliphatic heterocycles. The maximum Gasteiger partial charge on any atom is 0.258 e. The van der Waals surface area contributed by atoms with Crippen molar-refractivity contribution in [3.63, 3.8) is 0 Å². The molecule has 1 heterocycles. The average molecular weight is 547 g/mol. The summed E-state index contributed by atoms with van der Waals surface area (Å²) in [5, 5.41) is 18.7. The molecule has 7 nitrogen and oxygen atoms in total. The van der Waals surface area contributed by atoms with E-state index in [0.717, 1.165) is 35.4 Å². The van der Waals surface area contributed by atoms with Gasteiger partial charge in [-0.25, -0.2) is 9.38 Å². The summed E-state index contributed by atoms with van der Waals surface area (Å²) in [7, 11) is 0. The molecule has 0 atom stereocenters. The van der Waals surface area contributed by atoms with Gasteiger partial charge in [0, 0.05) is 31.0 Å². The second-order valence-electron chi connectivity index (χ2n) is 10.6. The van der Waals surface area contributed by atoms with E-state index in [1.165, 1.54) is 11.6 Å². The summed E-state index contributed by atoms with van der Waals surface area (Å²) in [6, 6.07) is 3.11. The summed E-state index contributed by atoms with van der Waals surface area (Å²) in [6.45, 7) is 16.6. The van der Waals surface area contributed by atoms with E-state index in [1.807, 2.05) is 60.6 Å². The number of nitrogens with one attached hydrogen (secondary N) is 3. The van der Waals surface area contributed by atoms with Crippen LogP contribution in [-0.4, -0.2) is 46.3 Å². The van der Waals surface area contributed by atoms with Gasteiger partial charge in [0.25, 0.3) is 5.91 Å². The first-order chi connectivity index (χ1) is 18.8. The molecule has 0 unspecified atom stereocenters. The van der Waals surface area contributed by atoms with E-state index in [0.29, 0.717) is 24.2 Å². The van der Waals surface area contributed by atoms with Crippen LogP contribution in [0.4, 0.5) is 4.39 Å². The van der Waals surface area contributed by atoms with Gasteiger partial charge in [0.2, 0.25) is 0 Å². The van der Waals surface area contributed by atoms with Gasteiger partial charge >= 0.3 is 0 Å². The quantitative estimate of drug-likeness (QED) is 0.179. The number of amidine groups is 2. The number of hydrogen-bond donors (Lipinski definition) is 3.